The summed E-state index contributed by atoms with van der Waals surface area (Å²) in [6.07, 6.45) is -0.960. The maximum atomic E-state index is 12.2. The maximum Gasteiger partial charge on any atom is 0.413 e. The molecule has 0 aliphatic carbocycles. The van der Waals surface area contributed by atoms with Crippen LogP contribution in [0.2, 0.25) is 0 Å². The third-order valence-corrected chi connectivity index (χ3v) is 5.65. The summed E-state index contributed by atoms with van der Waals surface area (Å²) in [5.41, 5.74) is -0.551. The number of aliphatic hydroxyl groups is 1. The van der Waals surface area contributed by atoms with E-state index in [1.165, 1.54) is 6.33 Å². The van der Waals surface area contributed by atoms with Crippen molar-refractivity contribution in [3.63, 3.8) is 0 Å². The van der Waals surface area contributed by atoms with Gasteiger partial charge in [0, 0.05) is 0 Å². The fourth-order valence-electron chi connectivity index (χ4n) is 3.98. The van der Waals surface area contributed by atoms with E-state index in [0.29, 0.717) is 17.0 Å². The number of halogens is 1. The van der Waals surface area contributed by atoms with Gasteiger partial charge < -0.3 is 24.1 Å². The van der Waals surface area contributed by atoms with Gasteiger partial charge in [0.15, 0.2) is 11.6 Å². The molecule has 10 nitrogen and oxygen atoms in total. The lowest BCUT2D eigenvalue weighted by Gasteiger charge is -2.31. The third-order valence-electron chi connectivity index (χ3n) is 5.19. The first kappa shape index (κ1) is 22.2. The van der Waals surface area contributed by atoms with E-state index in [1.807, 2.05) is 6.07 Å². The Balaban J connectivity index is 1.68. The Labute approximate surface area is 184 Å². The molecule has 1 amide bonds. The number of rotatable bonds is 4. The van der Waals surface area contributed by atoms with Crippen molar-refractivity contribution in [2.45, 2.75) is 69.9 Å². The molecule has 4 rings (SSSR count). The van der Waals surface area contributed by atoms with Crippen molar-refractivity contribution < 1.29 is 28.8 Å². The van der Waals surface area contributed by atoms with E-state index < -0.39 is 41.4 Å². The number of aromatic nitrogens is 3. The molecule has 2 fully saturated rings. The van der Waals surface area contributed by atoms with Crippen LogP contribution in [0.15, 0.2) is 18.5 Å². The Morgan fingerprint density at radius 2 is 2.06 bits per heavy atom. The van der Waals surface area contributed by atoms with E-state index in [-0.39, 0.29) is 12.5 Å². The summed E-state index contributed by atoms with van der Waals surface area (Å²) in [6.45, 7) is 8.62. The van der Waals surface area contributed by atoms with Crippen molar-refractivity contribution in [2.75, 3.05) is 17.8 Å². The van der Waals surface area contributed by atoms with E-state index in [4.69, 9.17) is 30.5 Å². The smallest absolute Gasteiger partial charge is 0.413 e. The number of hydrogen-bond donors (Lipinski definition) is 2. The number of ether oxygens (including phenoxy) is 4. The minimum absolute atomic E-state index is 0.0321. The van der Waals surface area contributed by atoms with Crippen molar-refractivity contribution in [1.29, 1.82) is 0 Å². The topological polar surface area (TPSA) is 116 Å². The second kappa shape index (κ2) is 7.56. The van der Waals surface area contributed by atoms with Crippen LogP contribution in [-0.4, -0.2) is 67.5 Å². The van der Waals surface area contributed by atoms with Crippen LogP contribution in [0.3, 0.4) is 0 Å². The van der Waals surface area contributed by atoms with Gasteiger partial charge in [-0.3, -0.25) is 5.32 Å². The van der Waals surface area contributed by atoms with Gasteiger partial charge in [0.1, 0.15) is 41.4 Å². The molecule has 0 aromatic carbocycles. The number of nitrogens with one attached hydrogen (secondary N) is 1. The normalized spacial score (nSPS) is 29.8. The highest BCUT2D eigenvalue weighted by Gasteiger charge is 2.63. The fraction of sp³-hybridized carbons (Fsp3) is 0.650. The molecule has 4 atom stereocenters. The van der Waals surface area contributed by atoms with E-state index >= 15 is 0 Å². The number of fused-ring (bicyclic) bond motifs is 2. The predicted octanol–water partition coefficient (Wildman–Crippen LogP) is 2.64. The summed E-state index contributed by atoms with van der Waals surface area (Å²) in [7, 11) is 0. The lowest BCUT2D eigenvalue weighted by atomic mass is 9.96. The van der Waals surface area contributed by atoms with Gasteiger partial charge in [-0.1, -0.05) is 0 Å². The summed E-state index contributed by atoms with van der Waals surface area (Å²) in [6, 6.07) is 3.57. The summed E-state index contributed by atoms with van der Waals surface area (Å²) < 4.78 is 25.3. The van der Waals surface area contributed by atoms with Crippen LogP contribution >= 0.6 is 11.6 Å². The van der Waals surface area contributed by atoms with Gasteiger partial charge in [-0.15, -0.1) is 11.6 Å². The highest BCUT2D eigenvalue weighted by atomic mass is 35.5. The number of anilines is 1. The van der Waals surface area contributed by atoms with E-state index in [2.05, 4.69) is 15.4 Å². The summed E-state index contributed by atoms with van der Waals surface area (Å²) in [4.78, 5) is 16.4. The zero-order valence-electron chi connectivity index (χ0n) is 18.1. The van der Waals surface area contributed by atoms with E-state index in [1.54, 1.807) is 45.2 Å². The van der Waals surface area contributed by atoms with Crippen LogP contribution in [0.4, 0.5) is 10.6 Å². The van der Waals surface area contributed by atoms with Crippen molar-refractivity contribution >= 4 is 29.0 Å². The Morgan fingerprint density at radius 1 is 1.32 bits per heavy atom. The lowest BCUT2D eigenvalue weighted by Crippen LogP contribution is -2.48. The van der Waals surface area contributed by atoms with Crippen LogP contribution in [-0.2, 0) is 18.9 Å². The molecule has 0 saturated carbocycles. The number of carbonyl (C=O) groups excluding carboxylic acids is 1. The van der Waals surface area contributed by atoms with Crippen LogP contribution in [0, 0.1) is 0 Å². The minimum Gasteiger partial charge on any atom is -0.444 e. The molecule has 2 N–H and O–H groups in total. The van der Waals surface area contributed by atoms with Crippen LogP contribution in [0.1, 0.15) is 46.4 Å². The zero-order chi connectivity index (χ0) is 22.6. The van der Waals surface area contributed by atoms with Crippen LogP contribution in [0.25, 0.3) is 5.52 Å². The van der Waals surface area contributed by atoms with Gasteiger partial charge in [0.2, 0.25) is 0 Å². The summed E-state index contributed by atoms with van der Waals surface area (Å²) in [5.74, 6) is -0.528. The van der Waals surface area contributed by atoms with Gasteiger partial charge >= 0.3 is 6.09 Å². The molecule has 11 heteroatoms. The molecule has 170 valence electrons. The quantitative estimate of drug-likeness (QED) is 0.677. The number of nitrogens with zero attached hydrogens (tertiary/aromatic N) is 3. The van der Waals surface area contributed by atoms with E-state index in [9.17, 15) is 9.90 Å². The average molecular weight is 455 g/mol. The summed E-state index contributed by atoms with van der Waals surface area (Å²) in [5, 5.41) is 17.0. The first-order valence-corrected chi connectivity index (χ1v) is 10.5. The highest BCUT2D eigenvalue weighted by molar-refractivity contribution is 6.18. The van der Waals surface area contributed by atoms with Gasteiger partial charge in [-0.2, -0.15) is 5.10 Å². The second-order valence-electron chi connectivity index (χ2n) is 9.21. The number of amides is 1. The molecule has 2 saturated heterocycles. The molecule has 2 aliphatic rings. The molecule has 2 aromatic rings. The van der Waals surface area contributed by atoms with Crippen LogP contribution in [0.5, 0.6) is 0 Å². The zero-order valence-corrected chi connectivity index (χ0v) is 18.8. The summed E-state index contributed by atoms with van der Waals surface area (Å²) >= 11 is 6.19. The molecular weight excluding hydrogens is 428 g/mol. The SMILES string of the molecule is CC(C)(C)OC(=O)Nc1ncnn2c([C@@H]3O[C@@](CO)(CCl)[C@H]4OC(C)(C)O[C@@H]34)ccc12. The van der Waals surface area contributed by atoms with Crippen molar-refractivity contribution in [3.05, 3.63) is 24.2 Å². The van der Waals surface area contributed by atoms with Gasteiger partial charge in [-0.25, -0.2) is 14.3 Å². The number of hydrogen-bond acceptors (Lipinski definition) is 8. The van der Waals surface area contributed by atoms with Gasteiger partial charge in [0.25, 0.3) is 0 Å². The molecule has 0 radical (unpaired) electrons. The fourth-order valence-corrected chi connectivity index (χ4v) is 4.28. The molecule has 2 aliphatic heterocycles. The Hall–Kier alpha value is -1.98. The van der Waals surface area contributed by atoms with Crippen molar-refractivity contribution in [3.8, 4) is 0 Å². The Kier molecular flexibility index (Phi) is 5.42. The number of aliphatic hydroxyl groups excluding tert-OH is 1. The Bertz CT molecular complexity index is 984. The molecule has 0 spiro atoms. The predicted molar refractivity (Wildman–Crippen MR) is 111 cm³/mol. The monoisotopic (exact) mass is 454 g/mol. The molecule has 0 bridgehead atoms. The maximum absolute atomic E-state index is 12.2. The molecule has 31 heavy (non-hydrogen) atoms. The second-order valence-corrected chi connectivity index (χ2v) is 9.47. The first-order chi connectivity index (χ1) is 14.5. The molecule has 2 aromatic heterocycles. The minimum atomic E-state index is -1.11. The number of carbonyl (C=O) groups is 1. The Morgan fingerprint density at radius 3 is 2.71 bits per heavy atom. The molecular formula is C20H27ClN4O6. The largest absolute Gasteiger partial charge is 0.444 e. The van der Waals surface area contributed by atoms with Gasteiger partial charge in [-0.05, 0) is 46.8 Å². The first-order valence-electron chi connectivity index (χ1n) is 10.0. The lowest BCUT2D eigenvalue weighted by molar-refractivity contribution is -0.212. The molecule has 0 unspecified atom stereocenters. The van der Waals surface area contributed by atoms with Gasteiger partial charge in [0.05, 0.1) is 18.2 Å². The average Bonchev–Trinajstić information content (AvgIpc) is 3.30. The van der Waals surface area contributed by atoms with E-state index in [0.717, 1.165) is 0 Å². The van der Waals surface area contributed by atoms with Crippen molar-refractivity contribution in [2.24, 2.45) is 0 Å². The highest BCUT2D eigenvalue weighted by Crippen LogP contribution is 2.50. The molecule has 4 heterocycles. The van der Waals surface area contributed by atoms with Crippen LogP contribution < -0.4 is 5.32 Å². The van der Waals surface area contributed by atoms with Crippen molar-refractivity contribution in [1.82, 2.24) is 14.6 Å². The standard InChI is InChI=1S/C20H27ClN4O6/c1-18(2,3)31-17(27)24-16-12-7-6-11(25(12)23-10-22-16)13-14-15(30-19(4,5)28-14)20(8-21,9-26)29-13/h6-7,10,13-15,26H,8-9H2,1-5H3,(H,22,23,24,27)/t13-,14-,15-,20+/m0/s1. The number of alkyl halides is 1. The third kappa shape index (κ3) is 3.98.